The van der Waals surface area contributed by atoms with Crippen LogP contribution >= 0.6 is 0 Å². The molecule has 0 spiro atoms. The topological polar surface area (TPSA) is 75.7 Å². The van der Waals surface area contributed by atoms with E-state index < -0.39 is 5.97 Å². The molecule has 0 unspecified atom stereocenters. The van der Waals surface area contributed by atoms with E-state index in [9.17, 15) is 14.4 Å². The number of esters is 1. The van der Waals surface area contributed by atoms with Gasteiger partial charge in [-0.15, -0.1) is 0 Å². The molecule has 0 bridgehead atoms. The van der Waals surface area contributed by atoms with Gasteiger partial charge in [0.05, 0.1) is 0 Å². The van der Waals surface area contributed by atoms with Crippen LogP contribution in [0.3, 0.4) is 0 Å². The Morgan fingerprint density at radius 1 is 1.00 bits per heavy atom. The van der Waals surface area contributed by atoms with Crippen molar-refractivity contribution in [2.45, 2.75) is 33.7 Å². The van der Waals surface area contributed by atoms with Crippen LogP contribution in [0.1, 0.15) is 40.4 Å². The Bertz CT molecular complexity index is 846. The highest BCUT2D eigenvalue weighted by atomic mass is 16.5. The van der Waals surface area contributed by atoms with Gasteiger partial charge in [0.2, 0.25) is 0 Å². The summed E-state index contributed by atoms with van der Waals surface area (Å²) in [5, 5.41) is 2.51. The fourth-order valence-corrected chi connectivity index (χ4v) is 2.80. The molecule has 2 amide bonds. The van der Waals surface area contributed by atoms with Gasteiger partial charge in [-0.25, -0.2) is 0 Å². The number of nitrogens with zero attached hydrogens (tertiary/aromatic N) is 1. The molecule has 29 heavy (non-hydrogen) atoms. The summed E-state index contributed by atoms with van der Waals surface area (Å²) >= 11 is 0. The van der Waals surface area contributed by atoms with Gasteiger partial charge in [0.1, 0.15) is 6.54 Å². The minimum absolute atomic E-state index is 0.259. The first-order chi connectivity index (χ1) is 13.9. The predicted octanol–water partition coefficient (Wildman–Crippen LogP) is 3.02. The van der Waals surface area contributed by atoms with Crippen molar-refractivity contribution in [3.8, 4) is 0 Å². The lowest BCUT2D eigenvalue weighted by Crippen LogP contribution is -2.36. The highest BCUT2D eigenvalue weighted by molar-refractivity contribution is 5.96. The van der Waals surface area contributed by atoms with E-state index in [2.05, 4.69) is 5.32 Å². The summed E-state index contributed by atoms with van der Waals surface area (Å²) in [5.74, 6) is -1.26. The molecule has 0 aliphatic carbocycles. The summed E-state index contributed by atoms with van der Waals surface area (Å²) in [6, 6.07) is 15.0. The van der Waals surface area contributed by atoms with Crippen LogP contribution in [-0.4, -0.2) is 42.4 Å². The van der Waals surface area contributed by atoms with Gasteiger partial charge in [-0.3, -0.25) is 14.4 Å². The van der Waals surface area contributed by atoms with E-state index in [-0.39, 0.29) is 25.0 Å². The van der Waals surface area contributed by atoms with Gasteiger partial charge in [-0.2, -0.15) is 0 Å². The summed E-state index contributed by atoms with van der Waals surface area (Å²) < 4.78 is 5.05. The van der Waals surface area contributed by atoms with Gasteiger partial charge >= 0.3 is 5.97 Å². The third kappa shape index (κ3) is 7.41. The predicted molar refractivity (Wildman–Crippen MR) is 111 cm³/mol. The molecule has 1 N–H and O–H groups in total. The maximum absolute atomic E-state index is 12.5. The summed E-state index contributed by atoms with van der Waals surface area (Å²) in [7, 11) is 0. The second-order valence-electron chi connectivity index (χ2n) is 7.01. The number of benzene rings is 2. The maximum atomic E-state index is 12.5. The number of carbonyl (C=O) groups is 3. The van der Waals surface area contributed by atoms with Crippen molar-refractivity contribution < 1.29 is 19.1 Å². The molecule has 0 saturated carbocycles. The third-order valence-electron chi connectivity index (χ3n) is 4.37. The quantitative estimate of drug-likeness (QED) is 0.661. The smallest absolute Gasteiger partial charge is 0.325 e. The standard InChI is InChI=1S/C23H28N2O4/c1-4-12-25(15-19-10-8-17(2)9-11-19)21(26)16-29-22(27)14-24-23(28)20-7-5-6-18(3)13-20/h5-11,13H,4,12,14-16H2,1-3H3,(H,24,28). The summed E-state index contributed by atoms with van der Waals surface area (Å²) in [5.41, 5.74) is 3.61. The van der Waals surface area contributed by atoms with E-state index in [1.807, 2.05) is 51.1 Å². The fraction of sp³-hybridized carbons (Fsp3) is 0.348. The average molecular weight is 396 g/mol. The fourth-order valence-electron chi connectivity index (χ4n) is 2.80. The van der Waals surface area contributed by atoms with Crippen LogP contribution in [0.15, 0.2) is 48.5 Å². The molecule has 2 aromatic carbocycles. The van der Waals surface area contributed by atoms with E-state index in [1.54, 1.807) is 23.1 Å². The Balaban J connectivity index is 1.81. The van der Waals surface area contributed by atoms with E-state index in [1.165, 1.54) is 0 Å². The van der Waals surface area contributed by atoms with E-state index in [4.69, 9.17) is 4.74 Å². The highest BCUT2D eigenvalue weighted by Gasteiger charge is 2.16. The van der Waals surface area contributed by atoms with E-state index in [0.717, 1.165) is 23.1 Å². The monoisotopic (exact) mass is 396 g/mol. The molecule has 0 atom stereocenters. The van der Waals surface area contributed by atoms with Crippen molar-refractivity contribution in [3.05, 3.63) is 70.8 Å². The van der Waals surface area contributed by atoms with Crippen LogP contribution in [0, 0.1) is 13.8 Å². The highest BCUT2D eigenvalue weighted by Crippen LogP contribution is 2.08. The molecule has 0 heterocycles. The van der Waals surface area contributed by atoms with Crippen molar-refractivity contribution in [2.24, 2.45) is 0 Å². The molecule has 6 heteroatoms. The zero-order valence-electron chi connectivity index (χ0n) is 17.2. The molecule has 6 nitrogen and oxygen atoms in total. The van der Waals surface area contributed by atoms with Crippen LogP contribution in [0.25, 0.3) is 0 Å². The van der Waals surface area contributed by atoms with Crippen molar-refractivity contribution in [2.75, 3.05) is 19.7 Å². The van der Waals surface area contributed by atoms with Crippen molar-refractivity contribution in [1.29, 1.82) is 0 Å². The summed E-state index contributed by atoms with van der Waals surface area (Å²) in [4.78, 5) is 38.1. The summed E-state index contributed by atoms with van der Waals surface area (Å²) in [6.07, 6.45) is 0.804. The molecule has 2 rings (SSSR count). The Labute approximate surface area is 171 Å². The number of carbonyl (C=O) groups excluding carboxylic acids is 3. The van der Waals surface area contributed by atoms with Crippen LogP contribution in [0.2, 0.25) is 0 Å². The van der Waals surface area contributed by atoms with E-state index in [0.29, 0.717) is 18.7 Å². The Morgan fingerprint density at radius 2 is 1.72 bits per heavy atom. The second kappa shape index (κ2) is 11.0. The molecule has 0 aliphatic heterocycles. The first-order valence-corrected chi connectivity index (χ1v) is 9.73. The zero-order valence-corrected chi connectivity index (χ0v) is 17.2. The van der Waals surface area contributed by atoms with Gasteiger partial charge in [-0.05, 0) is 38.0 Å². The first kappa shape index (κ1) is 22.1. The molecule has 154 valence electrons. The SMILES string of the molecule is CCCN(Cc1ccc(C)cc1)C(=O)COC(=O)CNC(=O)c1cccc(C)c1. The maximum Gasteiger partial charge on any atom is 0.325 e. The van der Waals surface area contributed by atoms with Gasteiger partial charge in [0.25, 0.3) is 11.8 Å². The van der Waals surface area contributed by atoms with Gasteiger partial charge in [-0.1, -0.05) is 54.4 Å². The zero-order chi connectivity index (χ0) is 21.2. The van der Waals surface area contributed by atoms with Gasteiger partial charge in [0, 0.05) is 18.7 Å². The normalized spacial score (nSPS) is 10.3. The third-order valence-corrected chi connectivity index (χ3v) is 4.37. The molecule has 0 aromatic heterocycles. The number of hydrogen-bond donors (Lipinski definition) is 1. The van der Waals surface area contributed by atoms with Crippen LogP contribution < -0.4 is 5.32 Å². The van der Waals surface area contributed by atoms with E-state index >= 15 is 0 Å². The number of amides is 2. The summed E-state index contributed by atoms with van der Waals surface area (Å²) in [6.45, 7) is 6.30. The molecule has 0 saturated heterocycles. The van der Waals surface area contributed by atoms with Crippen molar-refractivity contribution >= 4 is 17.8 Å². The average Bonchev–Trinajstić information content (AvgIpc) is 2.71. The molecule has 0 aliphatic rings. The first-order valence-electron chi connectivity index (χ1n) is 9.73. The van der Waals surface area contributed by atoms with Gasteiger partial charge in [0.15, 0.2) is 6.61 Å². The Kier molecular flexibility index (Phi) is 8.40. The molecule has 0 fully saturated rings. The minimum Gasteiger partial charge on any atom is -0.454 e. The number of rotatable bonds is 9. The lowest BCUT2D eigenvalue weighted by atomic mass is 10.1. The Morgan fingerprint density at radius 3 is 2.38 bits per heavy atom. The number of ether oxygens (including phenoxy) is 1. The lowest BCUT2D eigenvalue weighted by Gasteiger charge is -2.22. The largest absolute Gasteiger partial charge is 0.454 e. The number of aryl methyl sites for hydroxylation is 2. The molecule has 2 aromatic rings. The van der Waals surface area contributed by atoms with Crippen LogP contribution in [-0.2, 0) is 20.9 Å². The van der Waals surface area contributed by atoms with Crippen LogP contribution in [0.5, 0.6) is 0 Å². The lowest BCUT2D eigenvalue weighted by molar-refractivity contribution is -0.151. The molecular formula is C23H28N2O4. The van der Waals surface area contributed by atoms with Crippen molar-refractivity contribution in [1.82, 2.24) is 10.2 Å². The van der Waals surface area contributed by atoms with Crippen LogP contribution in [0.4, 0.5) is 0 Å². The van der Waals surface area contributed by atoms with Gasteiger partial charge < -0.3 is 15.0 Å². The Hall–Kier alpha value is -3.15. The number of hydrogen-bond acceptors (Lipinski definition) is 4. The van der Waals surface area contributed by atoms with Crippen molar-refractivity contribution in [3.63, 3.8) is 0 Å². The second-order valence-corrected chi connectivity index (χ2v) is 7.01. The molecular weight excluding hydrogens is 368 g/mol. The minimum atomic E-state index is -0.647. The number of nitrogens with one attached hydrogen (secondary N) is 1. The molecule has 0 radical (unpaired) electrons.